The number of halogens is 6. The van der Waals surface area contributed by atoms with Gasteiger partial charge < -0.3 is 9.84 Å². The minimum Gasteiger partial charge on any atom is -0.508 e. The molecular formula is C28H24F6N2O3. The fourth-order valence-electron chi connectivity index (χ4n) is 5.70. The predicted molar refractivity (Wildman–Crippen MR) is 130 cm³/mol. The highest BCUT2D eigenvalue weighted by Crippen LogP contribution is 2.44. The fraction of sp³-hybridized carbons (Fsp3) is 0.357. The molecule has 6 rings (SSSR count). The Morgan fingerprint density at radius 2 is 1.77 bits per heavy atom. The summed E-state index contributed by atoms with van der Waals surface area (Å²) in [5.41, 5.74) is -3.14. The first-order chi connectivity index (χ1) is 18.3. The molecule has 3 aliphatic heterocycles. The van der Waals surface area contributed by atoms with Crippen molar-refractivity contribution >= 4 is 16.9 Å². The van der Waals surface area contributed by atoms with Gasteiger partial charge in [0.2, 0.25) is 0 Å². The highest BCUT2D eigenvalue weighted by molar-refractivity contribution is 5.91. The van der Waals surface area contributed by atoms with E-state index in [0.717, 1.165) is 6.42 Å². The van der Waals surface area contributed by atoms with Gasteiger partial charge in [-0.15, -0.1) is 6.58 Å². The Morgan fingerprint density at radius 1 is 1.08 bits per heavy atom. The predicted octanol–water partition coefficient (Wildman–Crippen LogP) is 6.77. The van der Waals surface area contributed by atoms with Gasteiger partial charge in [-0.1, -0.05) is 6.08 Å². The van der Waals surface area contributed by atoms with Crippen LogP contribution in [0.15, 0.2) is 61.3 Å². The molecule has 5 atom stereocenters. The van der Waals surface area contributed by atoms with Crippen molar-refractivity contribution in [3.8, 4) is 5.75 Å². The second-order valence-electron chi connectivity index (χ2n) is 9.97. The first-order valence-electron chi connectivity index (χ1n) is 12.3. The number of phenols is 1. The second kappa shape index (κ2) is 9.86. The summed E-state index contributed by atoms with van der Waals surface area (Å²) in [6.45, 7) is 5.21. The van der Waals surface area contributed by atoms with Gasteiger partial charge in [0.1, 0.15) is 11.9 Å². The number of aromatic nitrogens is 1. The van der Waals surface area contributed by atoms with Gasteiger partial charge in [-0.25, -0.2) is 4.79 Å². The molecule has 0 spiro atoms. The lowest BCUT2D eigenvalue weighted by atomic mass is 9.73. The summed E-state index contributed by atoms with van der Waals surface area (Å²) in [6, 6.07) is 6.32. The molecule has 3 aliphatic rings. The van der Waals surface area contributed by atoms with Crippen LogP contribution in [0.3, 0.4) is 0 Å². The Hall–Kier alpha value is -3.60. The number of alkyl halides is 6. The molecule has 206 valence electrons. The number of pyridine rings is 1. The topological polar surface area (TPSA) is 62.7 Å². The van der Waals surface area contributed by atoms with Crippen molar-refractivity contribution in [1.82, 2.24) is 9.88 Å². The molecule has 0 radical (unpaired) electrons. The summed E-state index contributed by atoms with van der Waals surface area (Å²) in [5, 5.41) is 10.6. The highest BCUT2D eigenvalue weighted by Gasteiger charge is 2.45. The van der Waals surface area contributed by atoms with Crippen molar-refractivity contribution in [3.05, 3.63) is 83.6 Å². The molecule has 2 aromatic carbocycles. The maximum Gasteiger partial charge on any atom is 0.416 e. The average Bonchev–Trinajstić information content (AvgIpc) is 2.90. The van der Waals surface area contributed by atoms with E-state index in [9.17, 15) is 36.2 Å². The van der Waals surface area contributed by atoms with Gasteiger partial charge in [-0.3, -0.25) is 9.88 Å². The number of hydrogen-bond donors (Lipinski definition) is 1. The van der Waals surface area contributed by atoms with Gasteiger partial charge in [0.25, 0.3) is 0 Å². The standard InChI is InChI=1S/C28H24F6N2O3/c1-2-15-14-36-8-6-16(15)11-24(36)25(21-5-7-35-23-4-3-20(37)13-22(21)23)39-26(38)17-9-18(27(29,30)31)12-19(10-17)28(32,33)34/h2-5,7,9-10,12-13,15-16,24-25,37H,1,6,8,11,14H2/t15-,16-,24+,25-/m0/s1. The maximum atomic E-state index is 13.4. The van der Waals surface area contributed by atoms with Gasteiger partial charge in [0.05, 0.1) is 28.2 Å². The van der Waals surface area contributed by atoms with E-state index >= 15 is 0 Å². The molecule has 4 heterocycles. The minimum absolute atomic E-state index is 0.0331. The summed E-state index contributed by atoms with van der Waals surface area (Å²) in [5.74, 6) is -0.954. The van der Waals surface area contributed by atoms with Crippen molar-refractivity contribution < 1.29 is 41.0 Å². The summed E-state index contributed by atoms with van der Waals surface area (Å²) >= 11 is 0. The number of hydrogen-bond acceptors (Lipinski definition) is 5. The number of nitrogens with zero attached hydrogens (tertiary/aromatic N) is 2. The lowest BCUT2D eigenvalue weighted by Gasteiger charge is -2.51. The second-order valence-corrected chi connectivity index (χ2v) is 9.97. The van der Waals surface area contributed by atoms with Crippen LogP contribution >= 0.6 is 0 Å². The molecule has 2 bridgehead atoms. The van der Waals surface area contributed by atoms with Crippen LogP contribution in [-0.4, -0.2) is 40.1 Å². The number of fused-ring (bicyclic) bond motifs is 4. The third-order valence-electron chi connectivity index (χ3n) is 7.63. The Labute approximate surface area is 219 Å². The number of piperidine rings is 3. The molecule has 39 heavy (non-hydrogen) atoms. The maximum absolute atomic E-state index is 13.4. The van der Waals surface area contributed by atoms with Crippen LogP contribution in [0.25, 0.3) is 10.9 Å². The Bertz CT molecular complexity index is 1390. The van der Waals surface area contributed by atoms with E-state index in [-0.39, 0.29) is 23.7 Å². The molecule has 3 aromatic rings. The van der Waals surface area contributed by atoms with Gasteiger partial charge in [-0.2, -0.15) is 26.3 Å². The van der Waals surface area contributed by atoms with Crippen molar-refractivity contribution in [2.75, 3.05) is 13.1 Å². The molecule has 0 saturated carbocycles. The first-order valence-corrected chi connectivity index (χ1v) is 12.3. The third kappa shape index (κ3) is 5.32. The lowest BCUT2D eigenvalue weighted by molar-refractivity contribution is -0.143. The molecule has 5 nitrogen and oxygen atoms in total. The molecule has 1 unspecified atom stereocenters. The number of carbonyl (C=O) groups excluding carboxylic acids is 1. The van der Waals surface area contributed by atoms with Crippen LogP contribution in [0.1, 0.15) is 46.0 Å². The monoisotopic (exact) mass is 550 g/mol. The SMILES string of the molecule is C=C[C@H]1CN2CC[C@H]1C[C@@H]2[C@@H](OC(=O)c1cc(C(F)(F)F)cc(C(F)(F)F)c1)c1ccnc2ccc(O)cc12. The molecule has 0 amide bonds. The molecule has 3 fully saturated rings. The van der Waals surface area contributed by atoms with Crippen LogP contribution in [0.2, 0.25) is 0 Å². The van der Waals surface area contributed by atoms with E-state index in [1.54, 1.807) is 12.1 Å². The summed E-state index contributed by atoms with van der Waals surface area (Å²) in [7, 11) is 0. The zero-order chi connectivity index (χ0) is 28.1. The number of esters is 1. The molecular weight excluding hydrogens is 526 g/mol. The van der Waals surface area contributed by atoms with Crippen molar-refractivity contribution in [2.24, 2.45) is 11.8 Å². The zero-order valence-corrected chi connectivity index (χ0v) is 20.5. The summed E-state index contributed by atoms with van der Waals surface area (Å²) in [4.78, 5) is 19.7. The highest BCUT2D eigenvalue weighted by atomic mass is 19.4. The van der Waals surface area contributed by atoms with Crippen LogP contribution in [0.4, 0.5) is 26.3 Å². The van der Waals surface area contributed by atoms with Crippen LogP contribution < -0.4 is 0 Å². The van der Waals surface area contributed by atoms with E-state index in [2.05, 4.69) is 16.5 Å². The number of ether oxygens (including phenoxy) is 1. The molecule has 0 aliphatic carbocycles. The summed E-state index contributed by atoms with van der Waals surface area (Å²) in [6.07, 6.45) is -6.46. The van der Waals surface area contributed by atoms with E-state index in [1.165, 1.54) is 18.3 Å². The number of benzene rings is 2. The number of rotatable bonds is 5. The van der Waals surface area contributed by atoms with Crippen LogP contribution in [0, 0.1) is 11.8 Å². The third-order valence-corrected chi connectivity index (χ3v) is 7.63. The van der Waals surface area contributed by atoms with Gasteiger partial charge in [-0.05, 0) is 73.7 Å². The van der Waals surface area contributed by atoms with E-state index in [4.69, 9.17) is 4.74 Å². The fourth-order valence-corrected chi connectivity index (χ4v) is 5.70. The van der Waals surface area contributed by atoms with E-state index in [0.29, 0.717) is 48.1 Å². The van der Waals surface area contributed by atoms with Crippen molar-refractivity contribution in [1.29, 1.82) is 0 Å². The van der Waals surface area contributed by atoms with Crippen molar-refractivity contribution in [3.63, 3.8) is 0 Å². The number of aromatic hydroxyl groups is 1. The van der Waals surface area contributed by atoms with Gasteiger partial charge in [0, 0.05) is 23.7 Å². The quantitative estimate of drug-likeness (QED) is 0.216. The smallest absolute Gasteiger partial charge is 0.416 e. The average molecular weight is 550 g/mol. The number of carbonyl (C=O) groups is 1. The largest absolute Gasteiger partial charge is 0.508 e. The molecule has 11 heteroatoms. The minimum atomic E-state index is -5.11. The zero-order valence-electron chi connectivity index (χ0n) is 20.5. The first kappa shape index (κ1) is 27.0. The van der Waals surface area contributed by atoms with Gasteiger partial charge >= 0.3 is 18.3 Å². The number of phenolic OH excluding ortho intramolecular Hbond substituents is 1. The van der Waals surface area contributed by atoms with E-state index in [1.807, 2.05) is 6.08 Å². The van der Waals surface area contributed by atoms with E-state index < -0.39 is 47.2 Å². The molecule has 3 saturated heterocycles. The van der Waals surface area contributed by atoms with Crippen LogP contribution in [0.5, 0.6) is 5.75 Å². The van der Waals surface area contributed by atoms with Crippen molar-refractivity contribution in [2.45, 2.75) is 37.3 Å². The Kier molecular flexibility index (Phi) is 6.82. The Morgan fingerprint density at radius 3 is 2.36 bits per heavy atom. The van der Waals surface area contributed by atoms with Crippen LogP contribution in [-0.2, 0) is 17.1 Å². The summed E-state index contributed by atoms with van der Waals surface area (Å²) < 4.78 is 86.4. The van der Waals surface area contributed by atoms with Gasteiger partial charge in [0.15, 0.2) is 0 Å². The molecule has 1 aromatic heterocycles. The normalized spacial score (nSPS) is 23.9. The Balaban J connectivity index is 1.59. The lowest BCUT2D eigenvalue weighted by Crippen LogP contribution is -2.55. The molecule has 1 N–H and O–H groups in total.